The number of hydrogen-bond donors (Lipinski definition) is 0. The smallest absolute Gasteiger partial charge is 0.210 e. The minimum Gasteiger partial charge on any atom is -0.347 e. The molecule has 0 spiro atoms. The summed E-state index contributed by atoms with van der Waals surface area (Å²) in [7, 11) is 4.38. The fraction of sp³-hybridized carbons (Fsp3) is 0.242. The SMILES string of the molecule is CN1C(=CC=CC2=[N+](C)c3ccc4cc(Br)ccc4c3C2(C)C)C(C)(C)c2c1ccc1cc(Br)ccc21. The summed E-state index contributed by atoms with van der Waals surface area (Å²) < 4.78 is 4.59. The molecule has 0 N–H and O–H groups in total. The molecule has 4 heteroatoms. The maximum atomic E-state index is 3.63. The van der Waals surface area contributed by atoms with Gasteiger partial charge in [0.25, 0.3) is 0 Å². The van der Waals surface area contributed by atoms with E-state index in [4.69, 9.17) is 0 Å². The van der Waals surface area contributed by atoms with Crippen LogP contribution in [0.25, 0.3) is 21.5 Å². The fourth-order valence-electron chi connectivity index (χ4n) is 6.68. The topological polar surface area (TPSA) is 6.25 Å². The Kier molecular flexibility index (Phi) is 5.60. The van der Waals surface area contributed by atoms with Crippen molar-refractivity contribution in [2.45, 2.75) is 38.5 Å². The van der Waals surface area contributed by atoms with Crippen molar-refractivity contribution in [3.63, 3.8) is 0 Å². The van der Waals surface area contributed by atoms with Crippen molar-refractivity contribution in [2.24, 2.45) is 0 Å². The van der Waals surface area contributed by atoms with Crippen LogP contribution in [0.4, 0.5) is 11.4 Å². The van der Waals surface area contributed by atoms with Gasteiger partial charge in [0, 0.05) is 50.5 Å². The third-order valence-corrected chi connectivity index (χ3v) is 9.39. The molecule has 2 nitrogen and oxygen atoms in total. The van der Waals surface area contributed by atoms with Gasteiger partial charge in [0.1, 0.15) is 7.05 Å². The molecule has 0 unspecified atom stereocenters. The molecule has 4 aromatic rings. The molecule has 0 amide bonds. The van der Waals surface area contributed by atoms with E-state index in [-0.39, 0.29) is 10.8 Å². The summed E-state index contributed by atoms with van der Waals surface area (Å²) in [5.74, 6) is 0. The second kappa shape index (κ2) is 8.41. The van der Waals surface area contributed by atoms with Crippen LogP contribution in [0.3, 0.4) is 0 Å². The van der Waals surface area contributed by atoms with E-state index in [1.165, 1.54) is 55.5 Å². The minimum absolute atomic E-state index is 0.101. The van der Waals surface area contributed by atoms with Gasteiger partial charge in [0.15, 0.2) is 5.71 Å². The van der Waals surface area contributed by atoms with Crippen molar-refractivity contribution in [2.75, 3.05) is 19.0 Å². The van der Waals surface area contributed by atoms with E-state index < -0.39 is 0 Å². The van der Waals surface area contributed by atoms with Crippen molar-refractivity contribution < 1.29 is 4.58 Å². The molecule has 186 valence electrons. The summed E-state index contributed by atoms with van der Waals surface area (Å²) >= 11 is 7.27. The molecule has 0 aliphatic carbocycles. The van der Waals surface area contributed by atoms with Crippen LogP contribution in [0.1, 0.15) is 38.8 Å². The van der Waals surface area contributed by atoms with Gasteiger partial charge < -0.3 is 4.90 Å². The first-order valence-electron chi connectivity index (χ1n) is 12.7. The van der Waals surface area contributed by atoms with E-state index in [0.29, 0.717) is 0 Å². The number of hydrogen-bond acceptors (Lipinski definition) is 1. The highest BCUT2D eigenvalue weighted by molar-refractivity contribution is 9.10. The highest BCUT2D eigenvalue weighted by Gasteiger charge is 2.44. The van der Waals surface area contributed by atoms with Crippen LogP contribution in [0.2, 0.25) is 0 Å². The Morgan fingerprint density at radius 1 is 0.757 bits per heavy atom. The molecule has 0 aromatic heterocycles. The Morgan fingerprint density at radius 2 is 1.35 bits per heavy atom. The van der Waals surface area contributed by atoms with Crippen LogP contribution in [0.15, 0.2) is 93.5 Å². The minimum atomic E-state index is -0.101. The van der Waals surface area contributed by atoms with Gasteiger partial charge in [-0.15, -0.1) is 0 Å². The molecule has 0 bridgehead atoms. The molecule has 2 aliphatic rings. The molecule has 0 radical (unpaired) electrons. The lowest BCUT2D eigenvalue weighted by Crippen LogP contribution is -2.27. The molecule has 0 atom stereocenters. The van der Waals surface area contributed by atoms with E-state index in [9.17, 15) is 0 Å². The number of benzene rings is 4. The van der Waals surface area contributed by atoms with Crippen LogP contribution in [-0.4, -0.2) is 24.4 Å². The number of halogens is 2. The molecule has 2 aliphatic heterocycles. The Hall–Kier alpha value is -2.69. The molecule has 0 saturated carbocycles. The number of anilines is 1. The van der Waals surface area contributed by atoms with Crippen molar-refractivity contribution in [1.29, 1.82) is 0 Å². The third-order valence-electron chi connectivity index (χ3n) is 8.40. The van der Waals surface area contributed by atoms with Crippen molar-refractivity contribution >= 4 is 70.5 Å². The maximum absolute atomic E-state index is 3.63. The van der Waals surface area contributed by atoms with E-state index in [2.05, 4.69) is 162 Å². The standard InChI is InChI=1S/C33H31Br2N2/c1-32(2)28(36(5)26-16-10-20-18-22(34)12-14-24(20)30(26)32)8-7-9-29-33(3,4)31-25-15-13-23(35)19-21(25)11-17-27(31)37(29)6/h7-19H,1-6H3/q+1. The predicted molar refractivity (Wildman–Crippen MR) is 166 cm³/mol. The number of rotatable bonds is 2. The molecular weight excluding hydrogens is 584 g/mol. The molecule has 2 heterocycles. The van der Waals surface area contributed by atoms with Crippen LogP contribution >= 0.6 is 31.9 Å². The predicted octanol–water partition coefficient (Wildman–Crippen LogP) is 9.39. The summed E-state index contributed by atoms with van der Waals surface area (Å²) in [6.45, 7) is 9.37. The number of fused-ring (bicyclic) bond motifs is 6. The molecule has 0 saturated heterocycles. The van der Waals surface area contributed by atoms with Gasteiger partial charge in [-0.05, 0) is 83.4 Å². The Morgan fingerprint density at radius 3 is 2.00 bits per heavy atom. The van der Waals surface area contributed by atoms with Gasteiger partial charge >= 0.3 is 0 Å². The zero-order valence-corrected chi connectivity index (χ0v) is 25.3. The van der Waals surface area contributed by atoms with Crippen molar-refractivity contribution in [3.05, 3.63) is 105 Å². The van der Waals surface area contributed by atoms with Crippen LogP contribution in [0.5, 0.6) is 0 Å². The Balaban J connectivity index is 1.41. The van der Waals surface area contributed by atoms with Gasteiger partial charge in [-0.3, -0.25) is 0 Å². The summed E-state index contributed by atoms with van der Waals surface area (Å²) in [6, 6.07) is 22.2. The quantitative estimate of drug-likeness (QED) is 0.204. The summed E-state index contributed by atoms with van der Waals surface area (Å²) in [5, 5.41) is 5.19. The van der Waals surface area contributed by atoms with Crippen LogP contribution in [-0.2, 0) is 10.8 Å². The average molecular weight is 615 g/mol. The zero-order valence-electron chi connectivity index (χ0n) is 22.2. The van der Waals surface area contributed by atoms with Gasteiger partial charge in [-0.1, -0.05) is 70.0 Å². The lowest BCUT2D eigenvalue weighted by Gasteiger charge is -2.24. The van der Waals surface area contributed by atoms with E-state index in [1.807, 2.05) is 0 Å². The maximum Gasteiger partial charge on any atom is 0.210 e. The largest absolute Gasteiger partial charge is 0.347 e. The zero-order chi connectivity index (χ0) is 26.3. The molecular formula is C33H31Br2N2+. The molecule has 37 heavy (non-hydrogen) atoms. The third kappa shape index (κ3) is 3.59. The fourth-order valence-corrected chi connectivity index (χ4v) is 7.43. The number of likely N-dealkylation sites (N-methyl/N-ethyl adjacent to an activating group) is 1. The van der Waals surface area contributed by atoms with Crippen LogP contribution < -0.4 is 4.90 Å². The normalized spacial score (nSPS) is 19.0. The second-order valence-corrected chi connectivity index (χ2v) is 13.1. The molecule has 6 rings (SSSR count). The summed E-state index contributed by atoms with van der Waals surface area (Å²) in [6.07, 6.45) is 6.86. The summed E-state index contributed by atoms with van der Waals surface area (Å²) in [5.41, 5.74) is 7.78. The highest BCUT2D eigenvalue weighted by Crippen LogP contribution is 2.50. The van der Waals surface area contributed by atoms with E-state index in [0.717, 1.165) is 8.95 Å². The summed E-state index contributed by atoms with van der Waals surface area (Å²) in [4.78, 5) is 2.36. The van der Waals surface area contributed by atoms with E-state index in [1.54, 1.807) is 0 Å². The van der Waals surface area contributed by atoms with Gasteiger partial charge in [0.05, 0.1) is 5.41 Å². The lowest BCUT2D eigenvalue weighted by molar-refractivity contribution is -0.401. The van der Waals surface area contributed by atoms with Crippen molar-refractivity contribution in [1.82, 2.24) is 0 Å². The van der Waals surface area contributed by atoms with Crippen LogP contribution in [0, 0.1) is 0 Å². The van der Waals surface area contributed by atoms with Gasteiger partial charge in [-0.2, -0.15) is 4.58 Å². The first-order valence-corrected chi connectivity index (χ1v) is 14.3. The van der Waals surface area contributed by atoms with Crippen molar-refractivity contribution in [3.8, 4) is 0 Å². The van der Waals surface area contributed by atoms with E-state index >= 15 is 0 Å². The average Bonchev–Trinajstić information content (AvgIpc) is 3.17. The van der Waals surface area contributed by atoms with Gasteiger partial charge in [0.2, 0.25) is 5.69 Å². The first kappa shape index (κ1) is 24.6. The second-order valence-electron chi connectivity index (χ2n) is 11.3. The lowest BCUT2D eigenvalue weighted by atomic mass is 9.79. The Labute approximate surface area is 236 Å². The van der Waals surface area contributed by atoms with Gasteiger partial charge in [-0.25, -0.2) is 0 Å². The molecule has 0 fully saturated rings. The molecule has 4 aromatic carbocycles. The highest BCUT2D eigenvalue weighted by atomic mass is 79.9. The Bertz CT molecular complexity index is 1720. The monoisotopic (exact) mass is 613 g/mol. The first-order chi connectivity index (χ1) is 17.5. The number of nitrogens with zero attached hydrogens (tertiary/aromatic N) is 2. The number of allylic oxidation sites excluding steroid dienone is 4.